The Hall–Kier alpha value is -1.59. The van der Waals surface area contributed by atoms with Crippen LogP contribution in [0.3, 0.4) is 0 Å². The molecule has 6 heteroatoms. The number of piperidine rings is 1. The van der Waals surface area contributed by atoms with Gasteiger partial charge >= 0.3 is 0 Å². The summed E-state index contributed by atoms with van der Waals surface area (Å²) in [5.41, 5.74) is 2.49. The van der Waals surface area contributed by atoms with Gasteiger partial charge in [-0.3, -0.25) is 9.59 Å². The molecule has 0 unspecified atom stereocenters. The zero-order chi connectivity index (χ0) is 15.2. The standard InChI is InChI=1S/C16H23N3O2.ClH/c1-3-15(20)18-12-7-8-13(11(2)10-12)19-16(21)14-6-4-5-9-17-14;/h7-8,10,14,17H,3-6,9H2,1-2H3,(H,18,20)(H,19,21);1H/t14-;/m1./s1. The van der Waals surface area contributed by atoms with E-state index in [1.807, 2.05) is 32.0 Å². The van der Waals surface area contributed by atoms with Gasteiger partial charge in [-0.25, -0.2) is 0 Å². The Bertz CT molecular complexity index is 528. The molecule has 122 valence electrons. The van der Waals surface area contributed by atoms with Crippen molar-refractivity contribution < 1.29 is 9.59 Å². The van der Waals surface area contributed by atoms with E-state index in [1.165, 1.54) is 0 Å². The van der Waals surface area contributed by atoms with Crippen LogP contribution >= 0.6 is 12.4 Å². The van der Waals surface area contributed by atoms with E-state index in [0.717, 1.165) is 42.7 Å². The maximum absolute atomic E-state index is 12.2. The van der Waals surface area contributed by atoms with Gasteiger partial charge in [-0.15, -0.1) is 12.4 Å². The SMILES string of the molecule is CCC(=O)Nc1ccc(NC(=O)[C@H]2CCCCN2)c(C)c1.Cl. The van der Waals surface area contributed by atoms with Crippen LogP contribution < -0.4 is 16.0 Å². The molecule has 1 heterocycles. The summed E-state index contributed by atoms with van der Waals surface area (Å²) in [5.74, 6) is 0.000681. The summed E-state index contributed by atoms with van der Waals surface area (Å²) in [6.45, 7) is 4.64. The number of carbonyl (C=O) groups is 2. The van der Waals surface area contributed by atoms with Crippen molar-refractivity contribution in [2.24, 2.45) is 0 Å². The van der Waals surface area contributed by atoms with Crippen molar-refractivity contribution in [1.82, 2.24) is 5.32 Å². The minimum Gasteiger partial charge on any atom is -0.326 e. The zero-order valence-corrected chi connectivity index (χ0v) is 13.9. The summed E-state index contributed by atoms with van der Waals surface area (Å²) in [5, 5.41) is 9.01. The Morgan fingerprint density at radius 3 is 2.64 bits per heavy atom. The van der Waals surface area contributed by atoms with Gasteiger partial charge in [0.2, 0.25) is 11.8 Å². The van der Waals surface area contributed by atoms with Crippen LogP contribution in [0.1, 0.15) is 38.2 Å². The Morgan fingerprint density at radius 2 is 2.05 bits per heavy atom. The van der Waals surface area contributed by atoms with Crippen molar-refractivity contribution in [2.75, 3.05) is 17.2 Å². The number of halogens is 1. The number of benzene rings is 1. The summed E-state index contributed by atoms with van der Waals surface area (Å²) >= 11 is 0. The first-order valence-electron chi connectivity index (χ1n) is 7.55. The summed E-state index contributed by atoms with van der Waals surface area (Å²) < 4.78 is 0. The summed E-state index contributed by atoms with van der Waals surface area (Å²) in [6, 6.07) is 5.42. The Labute approximate surface area is 137 Å². The van der Waals surface area contributed by atoms with Crippen LogP contribution in [0.4, 0.5) is 11.4 Å². The number of hydrogen-bond donors (Lipinski definition) is 3. The van der Waals surface area contributed by atoms with Crippen molar-refractivity contribution in [2.45, 2.75) is 45.6 Å². The molecule has 5 nitrogen and oxygen atoms in total. The number of aryl methyl sites for hydroxylation is 1. The van der Waals surface area contributed by atoms with Crippen LogP contribution in [0.2, 0.25) is 0 Å². The molecular formula is C16H24ClN3O2. The lowest BCUT2D eigenvalue weighted by atomic mass is 10.0. The van der Waals surface area contributed by atoms with Gasteiger partial charge in [0.05, 0.1) is 6.04 Å². The number of amides is 2. The molecule has 22 heavy (non-hydrogen) atoms. The molecule has 2 rings (SSSR count). The van der Waals surface area contributed by atoms with Crippen molar-refractivity contribution in [1.29, 1.82) is 0 Å². The second-order valence-corrected chi connectivity index (χ2v) is 5.42. The lowest BCUT2D eigenvalue weighted by Crippen LogP contribution is -2.43. The highest BCUT2D eigenvalue weighted by atomic mass is 35.5. The van der Waals surface area contributed by atoms with Gasteiger partial charge < -0.3 is 16.0 Å². The Balaban J connectivity index is 0.00000242. The highest BCUT2D eigenvalue weighted by molar-refractivity contribution is 5.96. The highest BCUT2D eigenvalue weighted by Gasteiger charge is 2.20. The fourth-order valence-corrected chi connectivity index (χ4v) is 2.43. The summed E-state index contributed by atoms with van der Waals surface area (Å²) in [6.07, 6.45) is 3.56. The molecule has 0 aromatic heterocycles. The van der Waals surface area contributed by atoms with Gasteiger partial charge in [0.1, 0.15) is 0 Å². The zero-order valence-electron chi connectivity index (χ0n) is 13.1. The van der Waals surface area contributed by atoms with Crippen LogP contribution in [0.25, 0.3) is 0 Å². The number of nitrogens with one attached hydrogen (secondary N) is 3. The Kier molecular flexibility index (Phi) is 7.35. The molecule has 3 N–H and O–H groups in total. The monoisotopic (exact) mass is 325 g/mol. The molecule has 2 amide bonds. The number of rotatable bonds is 4. The first-order chi connectivity index (χ1) is 10.1. The van der Waals surface area contributed by atoms with E-state index in [1.54, 1.807) is 0 Å². The maximum Gasteiger partial charge on any atom is 0.241 e. The van der Waals surface area contributed by atoms with E-state index in [0.29, 0.717) is 6.42 Å². The fraction of sp³-hybridized carbons (Fsp3) is 0.500. The molecule has 1 saturated heterocycles. The summed E-state index contributed by atoms with van der Waals surface area (Å²) in [7, 11) is 0. The molecule has 0 aliphatic carbocycles. The van der Waals surface area contributed by atoms with E-state index < -0.39 is 0 Å². The molecule has 0 radical (unpaired) electrons. The van der Waals surface area contributed by atoms with Gasteiger partial charge in [0.15, 0.2) is 0 Å². The van der Waals surface area contributed by atoms with E-state index in [-0.39, 0.29) is 30.3 Å². The minimum absolute atomic E-state index is 0. The lowest BCUT2D eigenvalue weighted by Gasteiger charge is -2.23. The van der Waals surface area contributed by atoms with E-state index in [9.17, 15) is 9.59 Å². The molecule has 1 aromatic carbocycles. The summed E-state index contributed by atoms with van der Waals surface area (Å²) in [4.78, 5) is 23.6. The molecule has 0 spiro atoms. The third-order valence-corrected chi connectivity index (χ3v) is 3.72. The minimum atomic E-state index is -0.0994. The average Bonchev–Trinajstić information content (AvgIpc) is 2.50. The predicted molar refractivity (Wildman–Crippen MR) is 91.6 cm³/mol. The van der Waals surface area contributed by atoms with Crippen LogP contribution in [0.15, 0.2) is 18.2 Å². The van der Waals surface area contributed by atoms with Crippen LogP contribution in [-0.2, 0) is 9.59 Å². The Morgan fingerprint density at radius 1 is 1.27 bits per heavy atom. The van der Waals surface area contributed by atoms with Crippen LogP contribution in [0.5, 0.6) is 0 Å². The molecule has 0 saturated carbocycles. The quantitative estimate of drug-likeness (QED) is 0.797. The number of anilines is 2. The van der Waals surface area contributed by atoms with Gasteiger partial charge in [0, 0.05) is 17.8 Å². The maximum atomic E-state index is 12.2. The first kappa shape index (κ1) is 18.5. The highest BCUT2D eigenvalue weighted by Crippen LogP contribution is 2.20. The van der Waals surface area contributed by atoms with Crippen LogP contribution in [0, 0.1) is 6.92 Å². The van der Waals surface area contributed by atoms with Crippen molar-refractivity contribution in [3.8, 4) is 0 Å². The van der Waals surface area contributed by atoms with Crippen molar-refractivity contribution in [3.63, 3.8) is 0 Å². The number of hydrogen-bond acceptors (Lipinski definition) is 3. The van der Waals surface area contributed by atoms with Crippen LogP contribution in [-0.4, -0.2) is 24.4 Å². The lowest BCUT2D eigenvalue weighted by molar-refractivity contribution is -0.118. The van der Waals surface area contributed by atoms with Gasteiger partial charge in [-0.2, -0.15) is 0 Å². The fourth-order valence-electron chi connectivity index (χ4n) is 2.43. The molecular weight excluding hydrogens is 302 g/mol. The van der Waals surface area contributed by atoms with Gasteiger partial charge in [-0.1, -0.05) is 13.3 Å². The van der Waals surface area contributed by atoms with Crippen molar-refractivity contribution in [3.05, 3.63) is 23.8 Å². The first-order valence-corrected chi connectivity index (χ1v) is 7.55. The average molecular weight is 326 g/mol. The third-order valence-electron chi connectivity index (χ3n) is 3.72. The largest absolute Gasteiger partial charge is 0.326 e. The predicted octanol–water partition coefficient (Wildman–Crippen LogP) is 2.85. The molecule has 1 aromatic rings. The number of carbonyl (C=O) groups excluding carboxylic acids is 2. The van der Waals surface area contributed by atoms with Crippen molar-refractivity contribution >= 4 is 35.6 Å². The smallest absolute Gasteiger partial charge is 0.241 e. The van der Waals surface area contributed by atoms with E-state index in [2.05, 4.69) is 16.0 Å². The van der Waals surface area contributed by atoms with Gasteiger partial charge in [0.25, 0.3) is 0 Å². The molecule has 1 fully saturated rings. The normalized spacial score (nSPS) is 17.3. The second kappa shape index (κ2) is 8.76. The molecule has 1 aliphatic rings. The van der Waals surface area contributed by atoms with Gasteiger partial charge in [-0.05, 0) is 50.1 Å². The van der Waals surface area contributed by atoms with E-state index in [4.69, 9.17) is 0 Å². The third kappa shape index (κ3) is 5.00. The topological polar surface area (TPSA) is 70.2 Å². The molecule has 1 aliphatic heterocycles. The molecule has 0 bridgehead atoms. The van der Waals surface area contributed by atoms with E-state index >= 15 is 0 Å². The molecule has 1 atom stereocenters. The second-order valence-electron chi connectivity index (χ2n) is 5.42.